The number of hydrogen-bond acceptors (Lipinski definition) is 4. The van der Waals surface area contributed by atoms with Crippen LogP contribution in [0.3, 0.4) is 0 Å². The molecule has 0 aliphatic heterocycles. The van der Waals surface area contributed by atoms with E-state index < -0.39 is 0 Å². The van der Waals surface area contributed by atoms with Gasteiger partial charge in [0, 0.05) is 66.9 Å². The number of hydrogen-bond donors (Lipinski definition) is 0. The molecule has 8 aromatic carbocycles. The molecule has 0 fully saturated rings. The minimum Gasteiger partial charge on any atom is -0.456 e. The molecule has 4 heteroatoms. The van der Waals surface area contributed by atoms with E-state index in [-0.39, 0.29) is 0 Å². The molecule has 0 bridgehead atoms. The molecule has 3 aromatic heterocycles. The molecule has 0 radical (unpaired) electrons. The number of para-hydroxylation sites is 1. The highest BCUT2D eigenvalue weighted by Crippen LogP contribution is 2.45. The lowest BCUT2D eigenvalue weighted by molar-refractivity contribution is 0.664. The molecule has 0 N–H and O–H groups in total. The summed E-state index contributed by atoms with van der Waals surface area (Å²) < 4.78 is 19.5. The molecule has 0 aliphatic rings. The van der Waals surface area contributed by atoms with Gasteiger partial charge >= 0.3 is 0 Å². The van der Waals surface area contributed by atoms with E-state index in [0.29, 0.717) is 0 Å². The van der Waals surface area contributed by atoms with Crippen LogP contribution in [0.2, 0.25) is 0 Å². The van der Waals surface area contributed by atoms with E-state index in [9.17, 15) is 0 Å². The minimum absolute atomic E-state index is 0.816. The highest BCUT2D eigenvalue weighted by Gasteiger charge is 2.21. The van der Waals surface area contributed by atoms with Gasteiger partial charge in [0.05, 0.1) is 0 Å². The molecule has 0 atom stereocenters. The molecule has 0 saturated carbocycles. The summed E-state index contributed by atoms with van der Waals surface area (Å²) in [6, 6.07) is 57.1. The van der Waals surface area contributed by atoms with Crippen molar-refractivity contribution in [3.05, 3.63) is 164 Å². The van der Waals surface area contributed by atoms with Crippen LogP contribution >= 0.6 is 0 Å². The summed E-state index contributed by atoms with van der Waals surface area (Å²) in [4.78, 5) is 2.27. The second kappa shape index (κ2) is 10.4. The van der Waals surface area contributed by atoms with Crippen LogP contribution in [0.4, 0.5) is 17.1 Å². The summed E-state index contributed by atoms with van der Waals surface area (Å²) in [7, 11) is 0. The van der Waals surface area contributed by atoms with Gasteiger partial charge in [0.2, 0.25) is 0 Å². The summed E-state index contributed by atoms with van der Waals surface area (Å²) >= 11 is 0. The number of fused-ring (bicyclic) bond motifs is 12. The lowest BCUT2D eigenvalue weighted by atomic mass is 10.0. The lowest BCUT2D eigenvalue weighted by Gasteiger charge is -2.25. The first-order chi connectivity index (χ1) is 24.8. The Kier molecular flexibility index (Phi) is 5.63. The van der Waals surface area contributed by atoms with Crippen LogP contribution in [0.25, 0.3) is 87.7 Å². The molecule has 0 saturated heterocycles. The van der Waals surface area contributed by atoms with Gasteiger partial charge in [-0.3, -0.25) is 0 Å². The largest absolute Gasteiger partial charge is 0.456 e. The van der Waals surface area contributed by atoms with Gasteiger partial charge in [-0.2, -0.15) is 0 Å². The Hall–Kier alpha value is -6.78. The van der Waals surface area contributed by atoms with Crippen LogP contribution in [-0.2, 0) is 0 Å². The third kappa shape index (κ3) is 3.99. The Labute approximate surface area is 286 Å². The quantitative estimate of drug-likeness (QED) is 0.192. The molecule has 0 unspecified atom stereocenters. The van der Waals surface area contributed by atoms with Crippen LogP contribution in [0.1, 0.15) is 0 Å². The Balaban J connectivity index is 1.11. The van der Waals surface area contributed by atoms with E-state index in [1.165, 1.54) is 11.1 Å². The molecule has 3 heterocycles. The summed E-state index contributed by atoms with van der Waals surface area (Å²) in [5.41, 5.74) is 10.5. The summed E-state index contributed by atoms with van der Waals surface area (Å²) in [6.45, 7) is 0. The third-order valence-electron chi connectivity index (χ3n) is 10.1. The van der Waals surface area contributed by atoms with E-state index in [1.54, 1.807) is 0 Å². The monoisotopic (exact) mass is 641 g/mol. The summed E-state index contributed by atoms with van der Waals surface area (Å²) in [6.07, 6.45) is 0. The fraction of sp³-hybridized carbons (Fsp3) is 0. The Bertz CT molecular complexity index is 3090. The number of furan rings is 3. The highest BCUT2D eigenvalue weighted by molar-refractivity contribution is 6.28. The third-order valence-corrected chi connectivity index (χ3v) is 10.1. The van der Waals surface area contributed by atoms with Gasteiger partial charge < -0.3 is 18.2 Å². The molecule has 4 nitrogen and oxygen atoms in total. The van der Waals surface area contributed by atoms with Crippen molar-refractivity contribution in [2.24, 2.45) is 0 Å². The Morgan fingerprint density at radius 3 is 1.70 bits per heavy atom. The maximum atomic E-state index is 6.63. The standard InChI is InChI=1S/C46H27NO3/c1-2-8-28(9-3-1)29-14-17-31(18-15-29)47(32-19-22-36-35-12-6-7-13-39(35)48-42(36)26-32)33-20-23-37-43(27-33)49-40-24-25-41-45(44(37)40)38-21-16-30-10-4-5-11-34(30)46(38)50-41/h1-27H. The summed E-state index contributed by atoms with van der Waals surface area (Å²) in [5, 5.41) is 8.78. The zero-order valence-electron chi connectivity index (χ0n) is 26.8. The normalized spacial score (nSPS) is 12.0. The first kappa shape index (κ1) is 27.2. The first-order valence-corrected chi connectivity index (χ1v) is 16.8. The molecule has 50 heavy (non-hydrogen) atoms. The highest BCUT2D eigenvalue weighted by atomic mass is 16.3. The molecule has 234 valence electrons. The minimum atomic E-state index is 0.816. The Morgan fingerprint density at radius 1 is 0.320 bits per heavy atom. The number of benzene rings is 8. The number of anilines is 3. The second-order valence-corrected chi connectivity index (χ2v) is 12.9. The van der Waals surface area contributed by atoms with E-state index in [0.717, 1.165) is 93.7 Å². The van der Waals surface area contributed by atoms with E-state index in [2.05, 4.69) is 138 Å². The van der Waals surface area contributed by atoms with Crippen molar-refractivity contribution < 1.29 is 13.3 Å². The first-order valence-electron chi connectivity index (χ1n) is 16.8. The average Bonchev–Trinajstić information content (AvgIpc) is 3.86. The molecule has 11 rings (SSSR count). The van der Waals surface area contributed by atoms with E-state index in [4.69, 9.17) is 13.3 Å². The van der Waals surface area contributed by atoms with Gasteiger partial charge in [-0.05, 0) is 77.2 Å². The maximum absolute atomic E-state index is 6.63. The Morgan fingerprint density at radius 2 is 0.880 bits per heavy atom. The molecular formula is C46H27NO3. The smallest absolute Gasteiger partial charge is 0.143 e. The van der Waals surface area contributed by atoms with Crippen molar-refractivity contribution in [2.75, 3.05) is 4.90 Å². The van der Waals surface area contributed by atoms with Crippen molar-refractivity contribution in [3.63, 3.8) is 0 Å². The number of rotatable bonds is 4. The van der Waals surface area contributed by atoms with Gasteiger partial charge in [-0.25, -0.2) is 0 Å². The average molecular weight is 642 g/mol. The van der Waals surface area contributed by atoms with E-state index >= 15 is 0 Å². The van der Waals surface area contributed by atoms with Crippen molar-refractivity contribution in [3.8, 4) is 11.1 Å². The second-order valence-electron chi connectivity index (χ2n) is 12.9. The molecule has 0 spiro atoms. The zero-order valence-corrected chi connectivity index (χ0v) is 26.8. The van der Waals surface area contributed by atoms with Crippen molar-refractivity contribution in [2.45, 2.75) is 0 Å². The number of nitrogens with zero attached hydrogens (tertiary/aromatic N) is 1. The molecular weight excluding hydrogens is 615 g/mol. The fourth-order valence-corrected chi connectivity index (χ4v) is 7.72. The molecule has 0 amide bonds. The predicted octanol–water partition coefficient (Wildman–Crippen LogP) is 13.7. The van der Waals surface area contributed by atoms with Gasteiger partial charge in [-0.1, -0.05) is 91.0 Å². The van der Waals surface area contributed by atoms with Crippen molar-refractivity contribution in [1.82, 2.24) is 0 Å². The zero-order chi connectivity index (χ0) is 32.8. The fourth-order valence-electron chi connectivity index (χ4n) is 7.72. The lowest BCUT2D eigenvalue weighted by Crippen LogP contribution is -2.09. The molecule has 11 aromatic rings. The molecule has 0 aliphatic carbocycles. The van der Waals surface area contributed by atoms with Crippen LogP contribution < -0.4 is 4.90 Å². The van der Waals surface area contributed by atoms with Crippen LogP contribution in [0, 0.1) is 0 Å². The predicted molar refractivity (Wildman–Crippen MR) is 206 cm³/mol. The van der Waals surface area contributed by atoms with Gasteiger partial charge in [-0.15, -0.1) is 0 Å². The summed E-state index contributed by atoms with van der Waals surface area (Å²) in [5.74, 6) is 0. The maximum Gasteiger partial charge on any atom is 0.143 e. The van der Waals surface area contributed by atoms with Gasteiger partial charge in [0.15, 0.2) is 0 Å². The van der Waals surface area contributed by atoms with Gasteiger partial charge in [0.25, 0.3) is 0 Å². The van der Waals surface area contributed by atoms with Gasteiger partial charge in [0.1, 0.15) is 33.5 Å². The van der Waals surface area contributed by atoms with E-state index in [1.807, 2.05) is 30.3 Å². The topological polar surface area (TPSA) is 42.7 Å². The van der Waals surface area contributed by atoms with Crippen molar-refractivity contribution >= 4 is 93.7 Å². The van der Waals surface area contributed by atoms with Crippen molar-refractivity contribution in [1.29, 1.82) is 0 Å². The van der Waals surface area contributed by atoms with Crippen LogP contribution in [-0.4, -0.2) is 0 Å². The SMILES string of the molecule is c1ccc(-c2ccc(N(c3ccc4c(c3)oc3ccccc34)c3ccc4c(c3)oc3ccc5oc6c7ccccc7ccc6c5c34)cc2)cc1. The van der Waals surface area contributed by atoms with Crippen LogP contribution in [0.15, 0.2) is 177 Å². The van der Waals surface area contributed by atoms with Crippen LogP contribution in [0.5, 0.6) is 0 Å².